The van der Waals surface area contributed by atoms with Gasteiger partial charge in [-0.15, -0.1) is 0 Å². The molecule has 1 amide bonds. The summed E-state index contributed by atoms with van der Waals surface area (Å²) in [5, 5.41) is 0. The van der Waals surface area contributed by atoms with Gasteiger partial charge in [0, 0.05) is 32.7 Å². The van der Waals surface area contributed by atoms with Crippen LogP contribution in [-0.2, 0) is 21.2 Å². The number of carbonyl (C=O) groups is 1. The molecule has 2 aliphatic rings. The molecule has 25 heavy (non-hydrogen) atoms. The number of carbonyl (C=O) groups excluding carboxylic acids is 1. The Kier molecular flexibility index (Phi) is 5.49. The minimum Gasteiger partial charge on any atom is -0.340 e. The summed E-state index contributed by atoms with van der Waals surface area (Å²) in [5.74, 6) is 0.453. The fourth-order valence-corrected chi connectivity index (χ4v) is 5.37. The zero-order chi connectivity index (χ0) is 18.0. The highest BCUT2D eigenvalue weighted by Gasteiger charge is 2.36. The highest BCUT2D eigenvalue weighted by molar-refractivity contribution is 7.91. The summed E-state index contributed by atoms with van der Waals surface area (Å²) in [6.45, 7) is 8.37. The number of hydrogen-bond donors (Lipinski definition) is 0. The second kappa shape index (κ2) is 7.46. The fraction of sp³-hybridized carbons (Fsp3) is 0.632. The van der Waals surface area contributed by atoms with Gasteiger partial charge in [0.15, 0.2) is 9.84 Å². The Labute approximate surface area is 150 Å². The lowest BCUT2D eigenvalue weighted by molar-refractivity contribution is -0.136. The first-order valence-electron chi connectivity index (χ1n) is 9.14. The second-order valence-electron chi connectivity index (χ2n) is 7.60. The van der Waals surface area contributed by atoms with Crippen molar-refractivity contribution in [3.8, 4) is 0 Å². The third-order valence-electron chi connectivity index (χ3n) is 5.32. The lowest BCUT2D eigenvalue weighted by Crippen LogP contribution is -2.50. The molecule has 0 unspecified atom stereocenters. The highest BCUT2D eigenvalue weighted by atomic mass is 32.2. The van der Waals surface area contributed by atoms with E-state index in [9.17, 15) is 13.2 Å². The lowest BCUT2D eigenvalue weighted by atomic mass is 10.0. The Hall–Kier alpha value is -1.40. The number of nitrogens with zero attached hydrogens (tertiary/aromatic N) is 2. The van der Waals surface area contributed by atoms with Crippen molar-refractivity contribution in [1.29, 1.82) is 0 Å². The van der Waals surface area contributed by atoms with E-state index in [1.165, 1.54) is 11.1 Å². The van der Waals surface area contributed by atoms with Crippen molar-refractivity contribution >= 4 is 15.7 Å². The van der Waals surface area contributed by atoms with Gasteiger partial charge >= 0.3 is 0 Å². The summed E-state index contributed by atoms with van der Waals surface area (Å²) in [6, 6.07) is 8.77. The van der Waals surface area contributed by atoms with Gasteiger partial charge in [-0.05, 0) is 23.5 Å². The average molecular weight is 365 g/mol. The molecule has 0 spiro atoms. The van der Waals surface area contributed by atoms with Crippen LogP contribution in [0.15, 0.2) is 24.3 Å². The zero-order valence-corrected chi connectivity index (χ0v) is 16.0. The number of amides is 1. The second-order valence-corrected chi connectivity index (χ2v) is 9.83. The lowest BCUT2D eigenvalue weighted by Gasteiger charge is -2.35. The molecule has 2 fully saturated rings. The Bertz CT molecular complexity index is 705. The largest absolute Gasteiger partial charge is 0.340 e. The first-order valence-corrected chi connectivity index (χ1v) is 11.0. The van der Waals surface area contributed by atoms with Gasteiger partial charge in [-0.25, -0.2) is 8.42 Å². The fourth-order valence-electron chi connectivity index (χ4n) is 3.64. The van der Waals surface area contributed by atoms with Gasteiger partial charge in [0.05, 0.1) is 17.4 Å². The van der Waals surface area contributed by atoms with Crippen LogP contribution in [0.3, 0.4) is 0 Å². The summed E-state index contributed by atoms with van der Waals surface area (Å²) in [7, 11) is -3.00. The van der Waals surface area contributed by atoms with Crippen LogP contribution in [0.2, 0.25) is 0 Å². The summed E-state index contributed by atoms with van der Waals surface area (Å²) in [6.07, 6.45) is 0.490. The van der Waals surface area contributed by atoms with Gasteiger partial charge in [-0.3, -0.25) is 9.69 Å². The van der Waals surface area contributed by atoms with E-state index in [1.54, 1.807) is 0 Å². The van der Waals surface area contributed by atoms with Crippen LogP contribution >= 0.6 is 0 Å². The van der Waals surface area contributed by atoms with Gasteiger partial charge in [0.25, 0.3) is 0 Å². The zero-order valence-electron chi connectivity index (χ0n) is 15.1. The maximum atomic E-state index is 12.5. The van der Waals surface area contributed by atoms with Crippen molar-refractivity contribution in [3.63, 3.8) is 0 Å². The Morgan fingerprint density at radius 1 is 1.12 bits per heavy atom. The van der Waals surface area contributed by atoms with Crippen LogP contribution < -0.4 is 0 Å². The number of rotatable bonds is 4. The molecule has 2 aliphatic heterocycles. The van der Waals surface area contributed by atoms with Gasteiger partial charge in [0.2, 0.25) is 5.91 Å². The molecular weight excluding hydrogens is 336 g/mol. The van der Waals surface area contributed by atoms with Crippen molar-refractivity contribution in [3.05, 3.63) is 35.4 Å². The third-order valence-corrected chi connectivity index (χ3v) is 7.09. The molecule has 0 saturated carbocycles. The highest BCUT2D eigenvalue weighted by Crippen LogP contribution is 2.22. The normalized spacial score (nSPS) is 24.0. The van der Waals surface area contributed by atoms with E-state index in [0.29, 0.717) is 25.4 Å². The predicted molar refractivity (Wildman–Crippen MR) is 99.1 cm³/mol. The molecular formula is C19H28N2O3S. The Morgan fingerprint density at radius 3 is 2.28 bits per heavy atom. The van der Waals surface area contributed by atoms with E-state index < -0.39 is 9.84 Å². The van der Waals surface area contributed by atoms with Crippen LogP contribution in [0.5, 0.6) is 0 Å². The summed E-state index contributed by atoms with van der Waals surface area (Å²) >= 11 is 0. The van der Waals surface area contributed by atoms with Crippen LogP contribution in [0.25, 0.3) is 0 Å². The Morgan fingerprint density at radius 2 is 1.76 bits per heavy atom. The Balaban J connectivity index is 1.49. The summed E-state index contributed by atoms with van der Waals surface area (Å²) in [5.41, 5.74) is 2.65. The summed E-state index contributed by atoms with van der Waals surface area (Å²) < 4.78 is 23.1. The van der Waals surface area contributed by atoms with Crippen molar-refractivity contribution in [2.45, 2.75) is 32.7 Å². The summed E-state index contributed by atoms with van der Waals surface area (Å²) in [4.78, 5) is 16.7. The smallest absolute Gasteiger partial charge is 0.226 e. The molecule has 1 aromatic carbocycles. The molecule has 0 N–H and O–H groups in total. The molecule has 6 heteroatoms. The van der Waals surface area contributed by atoms with E-state index in [-0.39, 0.29) is 23.3 Å². The van der Waals surface area contributed by atoms with Gasteiger partial charge in [-0.2, -0.15) is 0 Å². The maximum absolute atomic E-state index is 12.5. The first kappa shape index (κ1) is 18.4. The molecule has 0 bridgehead atoms. The topological polar surface area (TPSA) is 57.7 Å². The molecule has 3 rings (SSSR count). The predicted octanol–water partition coefficient (Wildman–Crippen LogP) is 1.89. The van der Waals surface area contributed by atoms with Crippen LogP contribution in [0.1, 0.15) is 37.3 Å². The number of piperazine rings is 1. The maximum Gasteiger partial charge on any atom is 0.226 e. The minimum absolute atomic E-state index is 0.0296. The van der Waals surface area contributed by atoms with Crippen molar-refractivity contribution < 1.29 is 13.2 Å². The van der Waals surface area contributed by atoms with Crippen LogP contribution in [0, 0.1) is 5.92 Å². The number of hydrogen-bond acceptors (Lipinski definition) is 4. The molecule has 1 aromatic rings. The van der Waals surface area contributed by atoms with E-state index in [4.69, 9.17) is 0 Å². The monoisotopic (exact) mass is 364 g/mol. The van der Waals surface area contributed by atoms with Crippen molar-refractivity contribution in [2.24, 2.45) is 5.92 Å². The first-order chi connectivity index (χ1) is 11.8. The van der Waals surface area contributed by atoms with Gasteiger partial charge < -0.3 is 4.90 Å². The SMILES string of the molecule is CC(C)c1ccc(CN2CCN(C(=O)[C@H]3CCS(=O)(=O)C3)CC2)cc1. The molecule has 0 aromatic heterocycles. The van der Waals surface area contributed by atoms with Crippen LogP contribution in [-0.4, -0.2) is 61.8 Å². The quantitative estimate of drug-likeness (QED) is 0.819. The molecule has 0 radical (unpaired) electrons. The van der Waals surface area contributed by atoms with Crippen LogP contribution in [0.4, 0.5) is 0 Å². The number of benzene rings is 1. The van der Waals surface area contributed by atoms with Gasteiger partial charge in [-0.1, -0.05) is 38.1 Å². The molecule has 0 aliphatic carbocycles. The minimum atomic E-state index is -3.00. The molecule has 1 atom stereocenters. The van der Waals surface area contributed by atoms with Crippen molar-refractivity contribution in [2.75, 3.05) is 37.7 Å². The average Bonchev–Trinajstić information content (AvgIpc) is 2.95. The number of sulfone groups is 1. The molecule has 5 nitrogen and oxygen atoms in total. The van der Waals surface area contributed by atoms with E-state index in [1.807, 2.05) is 4.90 Å². The third kappa shape index (κ3) is 4.61. The molecule has 2 heterocycles. The standard InChI is InChI=1S/C19H28N2O3S/c1-15(2)17-5-3-16(4-6-17)13-20-8-10-21(11-9-20)19(22)18-7-12-25(23,24)14-18/h3-6,15,18H,7-14H2,1-2H3/t18-/m0/s1. The van der Waals surface area contributed by atoms with E-state index in [2.05, 4.69) is 43.0 Å². The molecule has 2 saturated heterocycles. The molecule has 138 valence electrons. The van der Waals surface area contributed by atoms with E-state index >= 15 is 0 Å². The van der Waals surface area contributed by atoms with Crippen molar-refractivity contribution in [1.82, 2.24) is 9.80 Å². The van der Waals surface area contributed by atoms with E-state index in [0.717, 1.165) is 19.6 Å². The van der Waals surface area contributed by atoms with Gasteiger partial charge in [0.1, 0.15) is 0 Å².